The lowest BCUT2D eigenvalue weighted by Gasteiger charge is -2.24. The topological polar surface area (TPSA) is 66.0 Å². The number of nitrogens with one attached hydrogen (secondary N) is 2. The Morgan fingerprint density at radius 2 is 1.76 bits per heavy atom. The SMILES string of the molecule is CC.CCCNc1nc2c(c(NCc3ccc(Cl)c(Cl)c3)n1)CCN(c1ncccc1C(F)(F)F)CC2. The lowest BCUT2D eigenvalue weighted by molar-refractivity contribution is -0.137. The summed E-state index contributed by atoms with van der Waals surface area (Å²) in [6.45, 7) is 7.93. The van der Waals surface area contributed by atoms with Gasteiger partial charge in [0.15, 0.2) is 0 Å². The first-order chi connectivity index (χ1) is 17.8. The fraction of sp³-hybridized carbons (Fsp3) is 0.423. The number of pyridine rings is 1. The number of hydrogen-bond acceptors (Lipinski definition) is 6. The number of anilines is 3. The Balaban J connectivity index is 0.00000186. The molecule has 2 aromatic heterocycles. The van der Waals surface area contributed by atoms with Crippen molar-refractivity contribution in [3.05, 3.63) is 69.0 Å². The van der Waals surface area contributed by atoms with Crippen molar-refractivity contribution in [3.63, 3.8) is 0 Å². The minimum Gasteiger partial charge on any atom is -0.366 e. The van der Waals surface area contributed by atoms with Crippen LogP contribution in [0, 0.1) is 0 Å². The van der Waals surface area contributed by atoms with Gasteiger partial charge in [0.05, 0.1) is 21.3 Å². The highest BCUT2D eigenvalue weighted by Gasteiger charge is 2.36. The number of alkyl halides is 3. The first-order valence-corrected chi connectivity index (χ1v) is 13.1. The van der Waals surface area contributed by atoms with Crippen LogP contribution in [-0.2, 0) is 25.6 Å². The molecule has 1 aliphatic heterocycles. The van der Waals surface area contributed by atoms with Crippen molar-refractivity contribution in [2.24, 2.45) is 0 Å². The summed E-state index contributed by atoms with van der Waals surface area (Å²) in [4.78, 5) is 15.1. The molecule has 0 saturated carbocycles. The summed E-state index contributed by atoms with van der Waals surface area (Å²) in [5.74, 6) is 1.08. The number of aromatic nitrogens is 3. The Morgan fingerprint density at radius 3 is 2.46 bits per heavy atom. The zero-order valence-electron chi connectivity index (χ0n) is 21.1. The van der Waals surface area contributed by atoms with Gasteiger partial charge in [0.1, 0.15) is 11.6 Å². The van der Waals surface area contributed by atoms with Crippen LogP contribution in [0.4, 0.5) is 30.8 Å². The van der Waals surface area contributed by atoms with Crippen LogP contribution in [0.15, 0.2) is 36.5 Å². The Bertz CT molecular complexity index is 1190. The van der Waals surface area contributed by atoms with Crippen molar-refractivity contribution in [1.82, 2.24) is 15.0 Å². The van der Waals surface area contributed by atoms with E-state index in [0.29, 0.717) is 60.8 Å². The molecule has 3 heterocycles. The number of halogens is 5. The van der Waals surface area contributed by atoms with E-state index in [-0.39, 0.29) is 5.82 Å². The Labute approximate surface area is 225 Å². The van der Waals surface area contributed by atoms with Crippen LogP contribution in [0.5, 0.6) is 0 Å². The summed E-state index contributed by atoms with van der Waals surface area (Å²) in [7, 11) is 0. The van der Waals surface area contributed by atoms with Gasteiger partial charge in [-0.3, -0.25) is 0 Å². The molecule has 4 rings (SSSR count). The lowest BCUT2D eigenvalue weighted by atomic mass is 10.1. The average molecular weight is 555 g/mol. The molecule has 0 unspecified atom stereocenters. The molecule has 0 bridgehead atoms. The maximum Gasteiger partial charge on any atom is 0.419 e. The normalized spacial score (nSPS) is 13.2. The van der Waals surface area contributed by atoms with Crippen LogP contribution in [0.25, 0.3) is 0 Å². The van der Waals surface area contributed by atoms with E-state index < -0.39 is 11.7 Å². The van der Waals surface area contributed by atoms with Crippen LogP contribution in [0.3, 0.4) is 0 Å². The highest BCUT2D eigenvalue weighted by molar-refractivity contribution is 6.42. The molecular weight excluding hydrogens is 524 g/mol. The smallest absolute Gasteiger partial charge is 0.366 e. The van der Waals surface area contributed by atoms with Gasteiger partial charge in [-0.15, -0.1) is 0 Å². The van der Waals surface area contributed by atoms with Gasteiger partial charge in [-0.25, -0.2) is 9.97 Å². The van der Waals surface area contributed by atoms with Crippen molar-refractivity contribution in [2.45, 2.75) is 52.8 Å². The summed E-state index contributed by atoms with van der Waals surface area (Å²) < 4.78 is 40.8. The fourth-order valence-electron chi connectivity index (χ4n) is 3.98. The summed E-state index contributed by atoms with van der Waals surface area (Å²) >= 11 is 12.2. The molecule has 1 aromatic carbocycles. The van der Waals surface area contributed by atoms with Gasteiger partial charge in [0, 0.05) is 44.4 Å². The molecule has 11 heteroatoms. The predicted molar refractivity (Wildman–Crippen MR) is 145 cm³/mol. The molecule has 2 N–H and O–H groups in total. The van der Waals surface area contributed by atoms with Gasteiger partial charge in [-0.1, -0.05) is 50.0 Å². The number of nitrogens with zero attached hydrogens (tertiary/aromatic N) is 4. The van der Waals surface area contributed by atoms with E-state index in [4.69, 9.17) is 23.2 Å². The van der Waals surface area contributed by atoms with Crippen LogP contribution in [-0.4, -0.2) is 34.6 Å². The first kappa shape index (κ1) is 28.8. The second-order valence-corrected chi connectivity index (χ2v) is 9.02. The van der Waals surface area contributed by atoms with Crippen molar-refractivity contribution in [2.75, 3.05) is 35.2 Å². The number of hydrogen-bond donors (Lipinski definition) is 2. The molecule has 3 aromatic rings. The third kappa shape index (κ3) is 7.38. The molecular formula is C26H31Cl2F3N6. The van der Waals surface area contributed by atoms with E-state index in [2.05, 4.69) is 25.6 Å². The van der Waals surface area contributed by atoms with E-state index in [1.165, 1.54) is 12.3 Å². The van der Waals surface area contributed by atoms with Crippen LogP contribution >= 0.6 is 23.2 Å². The zero-order valence-corrected chi connectivity index (χ0v) is 22.6. The highest BCUT2D eigenvalue weighted by atomic mass is 35.5. The zero-order chi connectivity index (χ0) is 27.0. The summed E-state index contributed by atoms with van der Waals surface area (Å²) in [6.07, 6.45) is -1.25. The van der Waals surface area contributed by atoms with Crippen LogP contribution < -0.4 is 15.5 Å². The lowest BCUT2D eigenvalue weighted by Crippen LogP contribution is -2.29. The minimum atomic E-state index is -4.48. The quantitative estimate of drug-likeness (QED) is 0.320. The van der Waals surface area contributed by atoms with Crippen molar-refractivity contribution >= 4 is 40.8 Å². The molecule has 0 radical (unpaired) electrons. The van der Waals surface area contributed by atoms with Gasteiger partial charge in [-0.2, -0.15) is 18.2 Å². The molecule has 0 amide bonds. The van der Waals surface area contributed by atoms with Crippen molar-refractivity contribution < 1.29 is 13.2 Å². The standard InChI is InChI=1S/C24H25Cl2F3N6.C2H6/c1-2-9-31-23-33-20-8-12-35(22-17(24(27,28)29)4-3-10-30-22)11-7-16(20)21(34-23)32-14-15-5-6-18(25)19(26)13-15;1-2/h3-6,10,13H,2,7-9,11-12,14H2,1H3,(H2,31,32,33,34);1-2H3. The van der Waals surface area contributed by atoms with Gasteiger partial charge < -0.3 is 15.5 Å². The van der Waals surface area contributed by atoms with Crippen molar-refractivity contribution in [1.29, 1.82) is 0 Å². The molecule has 6 nitrogen and oxygen atoms in total. The van der Waals surface area contributed by atoms with Gasteiger partial charge in [-0.05, 0) is 42.7 Å². The third-order valence-corrected chi connectivity index (χ3v) is 6.45. The molecule has 0 fully saturated rings. The van der Waals surface area contributed by atoms with E-state index in [1.54, 1.807) is 17.0 Å². The Hall–Kier alpha value is -2.78. The Morgan fingerprint density at radius 1 is 1.00 bits per heavy atom. The maximum absolute atomic E-state index is 13.6. The second kappa shape index (κ2) is 13.1. The molecule has 0 spiro atoms. The van der Waals surface area contributed by atoms with Crippen molar-refractivity contribution in [3.8, 4) is 0 Å². The number of fused-ring (bicyclic) bond motifs is 1. The number of benzene rings is 1. The first-order valence-electron chi connectivity index (χ1n) is 12.3. The van der Waals surface area contributed by atoms with E-state index in [0.717, 1.165) is 29.3 Å². The number of rotatable bonds is 7. The van der Waals surface area contributed by atoms with Crippen LogP contribution in [0.2, 0.25) is 10.0 Å². The summed E-state index contributed by atoms with van der Waals surface area (Å²) in [5.41, 5.74) is 1.88. The third-order valence-electron chi connectivity index (χ3n) is 5.71. The molecule has 0 saturated heterocycles. The van der Waals surface area contributed by atoms with E-state index in [9.17, 15) is 13.2 Å². The van der Waals surface area contributed by atoms with Gasteiger partial charge in [0.2, 0.25) is 5.95 Å². The minimum absolute atomic E-state index is 0.0598. The summed E-state index contributed by atoms with van der Waals surface area (Å²) in [6, 6.07) is 7.77. The predicted octanol–water partition coefficient (Wildman–Crippen LogP) is 7.26. The second-order valence-electron chi connectivity index (χ2n) is 8.21. The molecule has 37 heavy (non-hydrogen) atoms. The molecule has 0 aliphatic carbocycles. The van der Waals surface area contributed by atoms with E-state index >= 15 is 0 Å². The Kier molecular flexibility index (Phi) is 10.2. The maximum atomic E-state index is 13.6. The van der Waals surface area contributed by atoms with Gasteiger partial charge >= 0.3 is 6.18 Å². The largest absolute Gasteiger partial charge is 0.419 e. The highest BCUT2D eigenvalue weighted by Crippen LogP contribution is 2.36. The van der Waals surface area contributed by atoms with Crippen LogP contribution in [0.1, 0.15) is 49.6 Å². The fourth-order valence-corrected chi connectivity index (χ4v) is 4.30. The molecule has 1 aliphatic rings. The van der Waals surface area contributed by atoms with E-state index in [1.807, 2.05) is 26.8 Å². The summed E-state index contributed by atoms with van der Waals surface area (Å²) in [5, 5.41) is 7.52. The monoisotopic (exact) mass is 554 g/mol. The van der Waals surface area contributed by atoms with Gasteiger partial charge in [0.25, 0.3) is 0 Å². The average Bonchev–Trinajstić information content (AvgIpc) is 3.11. The molecule has 200 valence electrons. The molecule has 0 atom stereocenters.